The van der Waals surface area contributed by atoms with Crippen LogP contribution in [0.25, 0.3) is 6.08 Å². The van der Waals surface area contributed by atoms with Crippen molar-refractivity contribution >= 4 is 29.6 Å². The van der Waals surface area contributed by atoms with Gasteiger partial charge in [0.15, 0.2) is 5.78 Å². The molecule has 1 N–H and O–H groups in total. The number of allylic oxidation sites excluding steroid dienone is 1. The number of carboxylic acids is 1. The number of aliphatic carboxylic acids is 1. The van der Waals surface area contributed by atoms with Crippen LogP contribution in [0.2, 0.25) is 0 Å². The smallest absolute Gasteiger partial charge is 0.313 e. The lowest BCUT2D eigenvalue weighted by molar-refractivity contribution is -0.133. The fourth-order valence-corrected chi connectivity index (χ4v) is 2.43. The Balaban J connectivity index is 2.10. The third-order valence-electron chi connectivity index (χ3n) is 2.84. The van der Waals surface area contributed by atoms with Crippen molar-refractivity contribution in [1.82, 2.24) is 0 Å². The molecule has 0 saturated heterocycles. The zero-order valence-corrected chi connectivity index (χ0v) is 12.6. The maximum atomic E-state index is 13.8. The van der Waals surface area contributed by atoms with E-state index in [4.69, 9.17) is 5.11 Å². The summed E-state index contributed by atoms with van der Waals surface area (Å²) < 4.78 is 26.9. The largest absolute Gasteiger partial charge is 0.481 e. The summed E-state index contributed by atoms with van der Waals surface area (Å²) in [5.74, 6) is -2.80. The van der Waals surface area contributed by atoms with E-state index in [1.807, 2.05) is 0 Å². The van der Waals surface area contributed by atoms with Crippen LogP contribution in [0.3, 0.4) is 0 Å². The molecule has 0 saturated carbocycles. The molecule has 0 atom stereocenters. The number of hydrogen-bond donors (Lipinski definition) is 1. The fourth-order valence-electron chi connectivity index (χ4n) is 1.79. The van der Waals surface area contributed by atoms with E-state index in [0.717, 1.165) is 17.8 Å². The number of benzene rings is 2. The molecular formula is C17H12F2O3S. The van der Waals surface area contributed by atoms with E-state index in [1.165, 1.54) is 42.5 Å². The van der Waals surface area contributed by atoms with E-state index in [2.05, 4.69) is 0 Å². The Morgan fingerprint density at radius 2 is 1.91 bits per heavy atom. The van der Waals surface area contributed by atoms with Gasteiger partial charge in [0.25, 0.3) is 0 Å². The molecule has 0 bridgehead atoms. The predicted octanol–water partition coefficient (Wildman–Crippen LogP) is 4.04. The number of carboxylic acid groups (broad SMARTS) is 1. The molecule has 3 nitrogen and oxygen atoms in total. The number of rotatable bonds is 6. The molecule has 0 amide bonds. The molecule has 0 aliphatic heterocycles. The monoisotopic (exact) mass is 334 g/mol. The zero-order valence-electron chi connectivity index (χ0n) is 11.8. The first-order valence-electron chi connectivity index (χ1n) is 6.58. The maximum absolute atomic E-state index is 13.8. The Morgan fingerprint density at radius 1 is 1.13 bits per heavy atom. The zero-order chi connectivity index (χ0) is 16.8. The quantitative estimate of drug-likeness (QED) is 0.492. The molecule has 2 rings (SSSR count). The van der Waals surface area contributed by atoms with E-state index in [-0.39, 0.29) is 16.2 Å². The van der Waals surface area contributed by atoms with Crippen LogP contribution < -0.4 is 0 Å². The average Bonchev–Trinajstić information content (AvgIpc) is 2.51. The Kier molecular flexibility index (Phi) is 5.65. The van der Waals surface area contributed by atoms with Crippen LogP contribution in [0.5, 0.6) is 0 Å². The Morgan fingerprint density at radius 3 is 2.57 bits per heavy atom. The minimum atomic E-state index is -1.05. The molecule has 0 unspecified atom stereocenters. The van der Waals surface area contributed by atoms with Gasteiger partial charge in [-0.05, 0) is 42.0 Å². The van der Waals surface area contributed by atoms with Crippen molar-refractivity contribution in [3.05, 3.63) is 71.3 Å². The molecule has 0 fully saturated rings. The second kappa shape index (κ2) is 7.69. The van der Waals surface area contributed by atoms with Crippen molar-refractivity contribution in [1.29, 1.82) is 0 Å². The van der Waals surface area contributed by atoms with E-state index in [1.54, 1.807) is 6.07 Å². The summed E-state index contributed by atoms with van der Waals surface area (Å²) in [6, 6.07) is 9.57. The van der Waals surface area contributed by atoms with Gasteiger partial charge < -0.3 is 5.11 Å². The minimum absolute atomic E-state index is 0.134. The number of thioether (sulfide) groups is 1. The number of carbonyl (C=O) groups is 2. The summed E-state index contributed by atoms with van der Waals surface area (Å²) in [4.78, 5) is 22.6. The van der Waals surface area contributed by atoms with Crippen molar-refractivity contribution in [2.45, 2.75) is 4.90 Å². The highest BCUT2D eigenvalue weighted by Crippen LogP contribution is 2.23. The summed E-state index contributed by atoms with van der Waals surface area (Å²) in [6.07, 6.45) is 2.67. The Bertz CT molecular complexity index is 772. The second-order valence-corrected chi connectivity index (χ2v) is 5.60. The predicted molar refractivity (Wildman–Crippen MR) is 84.5 cm³/mol. The first-order valence-corrected chi connectivity index (χ1v) is 7.56. The van der Waals surface area contributed by atoms with E-state index in [0.29, 0.717) is 5.56 Å². The highest BCUT2D eigenvalue weighted by Gasteiger charge is 2.09. The molecule has 0 heterocycles. The van der Waals surface area contributed by atoms with Gasteiger partial charge in [-0.15, -0.1) is 11.8 Å². The van der Waals surface area contributed by atoms with Crippen LogP contribution in [0.4, 0.5) is 8.78 Å². The molecule has 0 spiro atoms. The average molecular weight is 334 g/mol. The van der Waals surface area contributed by atoms with Crippen molar-refractivity contribution in [2.24, 2.45) is 0 Å². The second-order valence-electron chi connectivity index (χ2n) is 4.58. The van der Waals surface area contributed by atoms with Gasteiger partial charge in [-0.2, -0.15) is 0 Å². The normalized spacial score (nSPS) is 10.9. The van der Waals surface area contributed by atoms with Crippen LogP contribution >= 0.6 is 11.8 Å². The number of halogens is 2. The summed E-state index contributed by atoms with van der Waals surface area (Å²) in [5, 5.41) is 8.57. The van der Waals surface area contributed by atoms with Crippen molar-refractivity contribution in [3.63, 3.8) is 0 Å². The molecule has 0 aromatic heterocycles. The minimum Gasteiger partial charge on any atom is -0.481 e. The summed E-state index contributed by atoms with van der Waals surface area (Å²) in [6.45, 7) is 0. The maximum Gasteiger partial charge on any atom is 0.313 e. The van der Waals surface area contributed by atoms with Crippen LogP contribution in [-0.4, -0.2) is 22.6 Å². The Hall–Kier alpha value is -2.47. The lowest BCUT2D eigenvalue weighted by Crippen LogP contribution is -2.00. The third kappa shape index (κ3) is 5.03. The van der Waals surface area contributed by atoms with Crippen LogP contribution in [0, 0.1) is 11.6 Å². The van der Waals surface area contributed by atoms with Crippen LogP contribution in [0.1, 0.15) is 15.9 Å². The molecule has 6 heteroatoms. The van der Waals surface area contributed by atoms with E-state index in [9.17, 15) is 18.4 Å². The number of carbonyl (C=O) groups excluding carboxylic acids is 1. The van der Waals surface area contributed by atoms with Crippen LogP contribution in [-0.2, 0) is 4.79 Å². The van der Waals surface area contributed by atoms with Crippen LogP contribution in [0.15, 0.2) is 53.4 Å². The first-order chi connectivity index (χ1) is 11.0. The molecule has 118 valence electrons. The van der Waals surface area contributed by atoms with Crippen molar-refractivity contribution in [2.75, 3.05) is 5.75 Å². The van der Waals surface area contributed by atoms with Gasteiger partial charge in [-0.1, -0.05) is 18.2 Å². The molecule has 0 aliphatic rings. The fraction of sp³-hybridized carbons (Fsp3) is 0.0588. The SMILES string of the molecule is O=C(O)CSc1ccc(C(=O)C=Cc2cccc(F)c2)cc1F. The molecule has 2 aromatic carbocycles. The highest BCUT2D eigenvalue weighted by atomic mass is 32.2. The lowest BCUT2D eigenvalue weighted by Gasteiger charge is -2.03. The summed E-state index contributed by atoms with van der Waals surface area (Å²) >= 11 is 0.842. The molecule has 0 radical (unpaired) electrons. The molecule has 23 heavy (non-hydrogen) atoms. The van der Waals surface area contributed by atoms with Gasteiger partial charge in [0.2, 0.25) is 0 Å². The third-order valence-corrected chi connectivity index (χ3v) is 3.88. The van der Waals surface area contributed by atoms with E-state index >= 15 is 0 Å². The number of hydrogen-bond acceptors (Lipinski definition) is 3. The summed E-state index contributed by atoms with van der Waals surface area (Å²) in [5.41, 5.74) is 0.655. The molecule has 2 aromatic rings. The van der Waals surface area contributed by atoms with Crippen molar-refractivity contribution in [3.8, 4) is 0 Å². The highest BCUT2D eigenvalue weighted by molar-refractivity contribution is 8.00. The molecular weight excluding hydrogens is 322 g/mol. The van der Waals surface area contributed by atoms with Gasteiger partial charge >= 0.3 is 5.97 Å². The van der Waals surface area contributed by atoms with Gasteiger partial charge in [-0.25, -0.2) is 8.78 Å². The van der Waals surface area contributed by atoms with Crippen molar-refractivity contribution < 1.29 is 23.5 Å². The van der Waals surface area contributed by atoms with Gasteiger partial charge in [-0.3, -0.25) is 9.59 Å². The lowest BCUT2D eigenvalue weighted by atomic mass is 10.1. The standard InChI is InChI=1S/C17H12F2O3S/c18-13-3-1-2-11(8-13)4-6-15(20)12-5-7-16(14(19)9-12)23-10-17(21)22/h1-9H,10H2,(H,21,22). The van der Waals surface area contributed by atoms with Gasteiger partial charge in [0.1, 0.15) is 11.6 Å². The molecule has 0 aliphatic carbocycles. The first kappa shape index (κ1) is 16.9. The van der Waals surface area contributed by atoms with Gasteiger partial charge in [0.05, 0.1) is 5.75 Å². The number of ketones is 1. The summed E-state index contributed by atoms with van der Waals surface area (Å²) in [7, 11) is 0. The van der Waals surface area contributed by atoms with Gasteiger partial charge in [0, 0.05) is 10.5 Å². The van der Waals surface area contributed by atoms with E-state index < -0.39 is 23.4 Å². The Labute approximate surface area is 135 Å². The topological polar surface area (TPSA) is 54.4 Å².